The molecule has 0 radical (unpaired) electrons. The fourth-order valence-electron chi connectivity index (χ4n) is 1.68. The van der Waals surface area contributed by atoms with E-state index in [1.165, 1.54) is 11.5 Å². The van der Waals surface area contributed by atoms with Gasteiger partial charge in [-0.15, -0.1) is 23.2 Å². The summed E-state index contributed by atoms with van der Waals surface area (Å²) < 4.78 is 0. The molecule has 3 heteroatoms. The second-order valence-corrected chi connectivity index (χ2v) is 6.24. The molecule has 0 rings (SSSR count). The first kappa shape index (κ1) is 14.9. The van der Waals surface area contributed by atoms with E-state index in [9.17, 15) is 0 Å². The van der Waals surface area contributed by atoms with Gasteiger partial charge in [-0.1, -0.05) is 20.8 Å². The minimum absolute atomic E-state index is 0.166. The summed E-state index contributed by atoms with van der Waals surface area (Å²) in [6, 6.07) is 0. The summed E-state index contributed by atoms with van der Waals surface area (Å²) in [7, 11) is 0. The van der Waals surface area contributed by atoms with Gasteiger partial charge in [0.25, 0.3) is 0 Å². The normalized spacial score (nSPS) is 12.4. The van der Waals surface area contributed by atoms with Gasteiger partial charge in [0.15, 0.2) is 0 Å². The second kappa shape index (κ2) is 8.13. The van der Waals surface area contributed by atoms with Gasteiger partial charge in [-0.25, -0.2) is 0 Å². The topological polar surface area (TPSA) is 0 Å². The maximum atomic E-state index is 6.05. The van der Waals surface area contributed by atoms with Crippen molar-refractivity contribution in [2.45, 2.75) is 33.6 Å². The summed E-state index contributed by atoms with van der Waals surface area (Å²) in [5.41, 5.74) is 0.166. The van der Waals surface area contributed by atoms with Crippen LogP contribution in [-0.2, 0) is 0 Å². The molecule has 0 aromatic heterocycles. The van der Waals surface area contributed by atoms with Gasteiger partial charge < -0.3 is 0 Å². The average molecular weight is 257 g/mol. The highest BCUT2D eigenvalue weighted by Crippen LogP contribution is 2.34. The Hall–Kier alpha value is 0.930. The highest BCUT2D eigenvalue weighted by Gasteiger charge is 2.28. The van der Waals surface area contributed by atoms with Crippen molar-refractivity contribution in [3.05, 3.63) is 0 Å². The summed E-state index contributed by atoms with van der Waals surface area (Å²) in [4.78, 5) is 0. The van der Waals surface area contributed by atoms with Gasteiger partial charge in [0.1, 0.15) is 0 Å². The van der Waals surface area contributed by atoms with Crippen LogP contribution in [0.5, 0.6) is 0 Å². The second-order valence-electron chi connectivity index (χ2n) is 4.31. The monoisotopic (exact) mass is 256 g/mol. The molecule has 0 atom stereocenters. The van der Waals surface area contributed by atoms with E-state index in [-0.39, 0.29) is 5.41 Å². The standard InChI is InChI=1S/C11H22Cl2S/c1-4-14-6-5-11(8-12,9-13)7-10(2)3/h10H,4-9H2,1-3H3. The van der Waals surface area contributed by atoms with Crippen LogP contribution < -0.4 is 0 Å². The Labute approximate surface area is 103 Å². The largest absolute Gasteiger partial charge is 0.162 e. The lowest BCUT2D eigenvalue weighted by Crippen LogP contribution is -2.28. The molecule has 0 aromatic carbocycles. The van der Waals surface area contributed by atoms with Crippen LogP contribution in [0.2, 0.25) is 0 Å². The minimum Gasteiger partial charge on any atom is -0.162 e. The number of thioether (sulfide) groups is 1. The van der Waals surface area contributed by atoms with Crippen molar-refractivity contribution in [2.24, 2.45) is 11.3 Å². The molecule has 0 unspecified atom stereocenters. The number of hydrogen-bond acceptors (Lipinski definition) is 1. The van der Waals surface area contributed by atoms with Gasteiger partial charge in [-0.3, -0.25) is 0 Å². The molecule has 0 nitrogen and oxygen atoms in total. The molecule has 0 aliphatic rings. The van der Waals surface area contributed by atoms with Crippen LogP contribution in [0, 0.1) is 11.3 Å². The van der Waals surface area contributed by atoms with E-state index < -0.39 is 0 Å². The Bertz CT molecular complexity index is 133. The zero-order valence-electron chi connectivity index (χ0n) is 9.48. The minimum atomic E-state index is 0.166. The third kappa shape index (κ3) is 5.72. The molecule has 0 aromatic rings. The zero-order valence-corrected chi connectivity index (χ0v) is 11.8. The number of alkyl halides is 2. The van der Waals surface area contributed by atoms with Gasteiger partial charge >= 0.3 is 0 Å². The van der Waals surface area contributed by atoms with Crippen molar-refractivity contribution in [3.63, 3.8) is 0 Å². The first-order valence-electron chi connectivity index (χ1n) is 5.30. The lowest BCUT2D eigenvalue weighted by atomic mass is 9.81. The summed E-state index contributed by atoms with van der Waals surface area (Å²) in [6.45, 7) is 6.66. The van der Waals surface area contributed by atoms with E-state index in [1.54, 1.807) is 0 Å². The fourth-order valence-corrected chi connectivity index (χ4v) is 3.32. The summed E-state index contributed by atoms with van der Waals surface area (Å²) in [5, 5.41) is 0. The van der Waals surface area contributed by atoms with Crippen LogP contribution in [0.4, 0.5) is 0 Å². The fraction of sp³-hybridized carbons (Fsp3) is 1.00. The van der Waals surface area contributed by atoms with Crippen molar-refractivity contribution >= 4 is 35.0 Å². The summed E-state index contributed by atoms with van der Waals surface area (Å²) in [5.74, 6) is 4.43. The highest BCUT2D eigenvalue weighted by molar-refractivity contribution is 7.99. The molecule has 0 fully saturated rings. The molecule has 0 N–H and O–H groups in total. The molecule has 0 bridgehead atoms. The van der Waals surface area contributed by atoms with Crippen LogP contribution in [0.25, 0.3) is 0 Å². The van der Waals surface area contributed by atoms with Crippen LogP contribution >= 0.6 is 35.0 Å². The van der Waals surface area contributed by atoms with E-state index in [1.807, 2.05) is 11.8 Å². The maximum Gasteiger partial charge on any atom is 0.0291 e. The van der Waals surface area contributed by atoms with Gasteiger partial charge in [-0.05, 0) is 35.7 Å². The van der Waals surface area contributed by atoms with Gasteiger partial charge in [-0.2, -0.15) is 11.8 Å². The smallest absolute Gasteiger partial charge is 0.0291 e. The van der Waals surface area contributed by atoms with Gasteiger partial charge in [0.05, 0.1) is 0 Å². The molecule has 0 spiro atoms. The Morgan fingerprint density at radius 1 is 1.21 bits per heavy atom. The van der Waals surface area contributed by atoms with E-state index >= 15 is 0 Å². The molecular weight excluding hydrogens is 235 g/mol. The molecule has 0 saturated carbocycles. The first-order chi connectivity index (χ1) is 6.60. The van der Waals surface area contributed by atoms with Crippen LogP contribution in [-0.4, -0.2) is 23.3 Å². The quantitative estimate of drug-likeness (QED) is 0.451. The number of halogens is 2. The average Bonchev–Trinajstić information content (AvgIpc) is 2.16. The molecule has 0 amide bonds. The van der Waals surface area contributed by atoms with E-state index in [0.29, 0.717) is 17.7 Å². The predicted molar refractivity (Wildman–Crippen MR) is 70.9 cm³/mol. The Morgan fingerprint density at radius 3 is 2.14 bits per heavy atom. The van der Waals surface area contributed by atoms with Crippen LogP contribution in [0.3, 0.4) is 0 Å². The molecule has 86 valence electrons. The maximum absolute atomic E-state index is 6.05. The van der Waals surface area contributed by atoms with Crippen molar-refractivity contribution in [3.8, 4) is 0 Å². The first-order valence-corrected chi connectivity index (χ1v) is 7.52. The third-order valence-corrected chi connectivity index (χ3v) is 4.42. The Morgan fingerprint density at radius 2 is 1.79 bits per heavy atom. The van der Waals surface area contributed by atoms with E-state index in [2.05, 4.69) is 20.8 Å². The third-order valence-electron chi connectivity index (χ3n) is 2.39. The number of hydrogen-bond donors (Lipinski definition) is 0. The Kier molecular flexibility index (Phi) is 8.66. The SMILES string of the molecule is CCSCCC(CCl)(CCl)CC(C)C. The molecule has 0 aliphatic heterocycles. The number of rotatable bonds is 8. The molecule has 0 aliphatic carbocycles. The van der Waals surface area contributed by atoms with Crippen molar-refractivity contribution in [2.75, 3.05) is 23.3 Å². The lowest BCUT2D eigenvalue weighted by molar-refractivity contribution is 0.289. The predicted octanol–water partition coefficient (Wildman–Crippen LogP) is 4.64. The molecule has 14 heavy (non-hydrogen) atoms. The molecule has 0 heterocycles. The Balaban J connectivity index is 4.07. The summed E-state index contributed by atoms with van der Waals surface area (Å²) >= 11 is 14.1. The van der Waals surface area contributed by atoms with E-state index in [4.69, 9.17) is 23.2 Å². The lowest BCUT2D eigenvalue weighted by Gasteiger charge is -2.31. The molecule has 0 saturated heterocycles. The van der Waals surface area contributed by atoms with Gasteiger partial charge in [0, 0.05) is 11.8 Å². The van der Waals surface area contributed by atoms with Crippen LogP contribution in [0.15, 0.2) is 0 Å². The van der Waals surface area contributed by atoms with Crippen molar-refractivity contribution in [1.82, 2.24) is 0 Å². The van der Waals surface area contributed by atoms with Crippen molar-refractivity contribution in [1.29, 1.82) is 0 Å². The van der Waals surface area contributed by atoms with E-state index in [0.717, 1.165) is 12.8 Å². The summed E-state index contributed by atoms with van der Waals surface area (Å²) in [6.07, 6.45) is 2.29. The highest BCUT2D eigenvalue weighted by atomic mass is 35.5. The molecular formula is C11H22Cl2S. The van der Waals surface area contributed by atoms with Crippen LogP contribution in [0.1, 0.15) is 33.6 Å². The zero-order chi connectivity index (χ0) is 11.0. The van der Waals surface area contributed by atoms with Gasteiger partial charge in [0.2, 0.25) is 0 Å². The van der Waals surface area contributed by atoms with Crippen molar-refractivity contribution < 1.29 is 0 Å².